The average molecular weight is 442 g/mol. The molecule has 0 saturated carbocycles. The molecule has 162 valence electrons. The summed E-state index contributed by atoms with van der Waals surface area (Å²) in [5, 5.41) is 6.12. The number of hydrogen-bond acceptors (Lipinski definition) is 4. The predicted octanol–water partition coefficient (Wildman–Crippen LogP) is 3.56. The van der Waals surface area contributed by atoms with E-state index in [2.05, 4.69) is 10.6 Å². The lowest BCUT2D eigenvalue weighted by molar-refractivity contribution is -0.121. The molecule has 0 saturated heterocycles. The van der Waals surface area contributed by atoms with Crippen LogP contribution in [-0.2, 0) is 9.59 Å². The van der Waals surface area contributed by atoms with E-state index in [0.29, 0.717) is 41.2 Å². The first-order valence-electron chi connectivity index (χ1n) is 10.1. The van der Waals surface area contributed by atoms with E-state index in [1.165, 1.54) is 4.90 Å². The van der Waals surface area contributed by atoms with Crippen LogP contribution in [0.5, 0.6) is 0 Å². The zero-order valence-electron chi connectivity index (χ0n) is 17.2. The van der Waals surface area contributed by atoms with E-state index in [0.717, 1.165) is 5.56 Å². The van der Waals surface area contributed by atoms with Gasteiger partial charge in [-0.3, -0.25) is 24.1 Å². The maximum Gasteiger partial charge on any atom is 0.261 e. The molecule has 8 heteroatoms. The van der Waals surface area contributed by atoms with Gasteiger partial charge in [0.25, 0.3) is 11.8 Å². The van der Waals surface area contributed by atoms with Crippen LogP contribution in [-0.4, -0.2) is 41.6 Å². The second-order valence-corrected chi connectivity index (χ2v) is 7.86. The van der Waals surface area contributed by atoms with Crippen LogP contribution in [0.25, 0.3) is 0 Å². The lowest BCUT2D eigenvalue weighted by atomic mass is 10.1. The molecule has 0 radical (unpaired) electrons. The van der Waals surface area contributed by atoms with Gasteiger partial charge >= 0.3 is 0 Å². The third kappa shape index (κ3) is 5.92. The Balaban J connectivity index is 1.32. The first-order valence-corrected chi connectivity index (χ1v) is 10.5. The van der Waals surface area contributed by atoms with Crippen molar-refractivity contribution in [2.75, 3.05) is 18.4 Å². The Morgan fingerprint density at radius 3 is 2.32 bits per heavy atom. The van der Waals surface area contributed by atoms with Crippen molar-refractivity contribution in [2.45, 2.75) is 32.6 Å². The van der Waals surface area contributed by atoms with Crippen LogP contribution in [0, 0.1) is 6.92 Å². The van der Waals surface area contributed by atoms with Gasteiger partial charge < -0.3 is 10.6 Å². The quantitative estimate of drug-likeness (QED) is 0.459. The third-order valence-corrected chi connectivity index (χ3v) is 5.19. The summed E-state index contributed by atoms with van der Waals surface area (Å²) < 4.78 is 0. The number of halogens is 1. The molecule has 0 fully saturated rings. The molecule has 2 aromatic carbocycles. The number of carbonyl (C=O) groups is 4. The molecule has 0 aliphatic carbocycles. The number of hydrogen-bond donors (Lipinski definition) is 2. The van der Waals surface area contributed by atoms with Gasteiger partial charge in [-0.15, -0.1) is 0 Å². The molecule has 1 aliphatic rings. The Hall–Kier alpha value is -3.19. The van der Waals surface area contributed by atoms with Crippen molar-refractivity contribution in [2.24, 2.45) is 0 Å². The van der Waals surface area contributed by atoms with Gasteiger partial charge in [0.1, 0.15) is 0 Å². The molecule has 2 N–H and O–H groups in total. The Morgan fingerprint density at radius 2 is 1.58 bits per heavy atom. The van der Waals surface area contributed by atoms with Crippen molar-refractivity contribution < 1.29 is 19.2 Å². The fourth-order valence-electron chi connectivity index (χ4n) is 3.33. The number of rotatable bonds is 9. The molecule has 0 aromatic heterocycles. The number of nitrogens with one attached hydrogen (secondary N) is 2. The fraction of sp³-hybridized carbons (Fsp3) is 0.304. The second-order valence-electron chi connectivity index (χ2n) is 7.42. The normalized spacial score (nSPS) is 12.6. The van der Waals surface area contributed by atoms with Crippen molar-refractivity contribution in [3.05, 3.63) is 64.2 Å². The van der Waals surface area contributed by atoms with Crippen LogP contribution < -0.4 is 10.6 Å². The van der Waals surface area contributed by atoms with Crippen LogP contribution in [0.4, 0.5) is 5.69 Å². The Bertz CT molecular complexity index is 1000. The number of imide groups is 1. The predicted molar refractivity (Wildman–Crippen MR) is 118 cm³/mol. The van der Waals surface area contributed by atoms with E-state index in [4.69, 9.17) is 11.6 Å². The smallest absolute Gasteiger partial charge is 0.261 e. The molecular formula is C23H24ClN3O4. The molecule has 3 rings (SSSR count). The van der Waals surface area contributed by atoms with Gasteiger partial charge in [0.15, 0.2) is 0 Å². The topological polar surface area (TPSA) is 95.6 Å². The van der Waals surface area contributed by atoms with Crippen LogP contribution in [0.2, 0.25) is 5.02 Å². The van der Waals surface area contributed by atoms with Crippen LogP contribution >= 0.6 is 11.6 Å². The number of nitrogens with zero attached hydrogens (tertiary/aromatic N) is 1. The summed E-state index contributed by atoms with van der Waals surface area (Å²) in [5.41, 5.74) is 2.42. The summed E-state index contributed by atoms with van der Waals surface area (Å²) in [4.78, 5) is 49.9. The van der Waals surface area contributed by atoms with Gasteiger partial charge in [-0.25, -0.2) is 0 Å². The highest BCUT2D eigenvalue weighted by Crippen LogP contribution is 2.24. The van der Waals surface area contributed by atoms with E-state index in [-0.39, 0.29) is 43.0 Å². The van der Waals surface area contributed by atoms with Crippen molar-refractivity contribution in [1.82, 2.24) is 10.2 Å². The number of aryl methyl sites for hydroxylation is 1. The highest BCUT2D eigenvalue weighted by Gasteiger charge is 2.34. The van der Waals surface area contributed by atoms with E-state index < -0.39 is 0 Å². The van der Waals surface area contributed by atoms with Crippen LogP contribution in [0.1, 0.15) is 52.0 Å². The van der Waals surface area contributed by atoms with Crippen molar-refractivity contribution >= 4 is 40.9 Å². The highest BCUT2D eigenvalue weighted by atomic mass is 35.5. The van der Waals surface area contributed by atoms with Gasteiger partial charge in [-0.2, -0.15) is 0 Å². The molecule has 2 aromatic rings. The fourth-order valence-corrected chi connectivity index (χ4v) is 3.45. The molecule has 1 heterocycles. The largest absolute Gasteiger partial charge is 0.356 e. The monoisotopic (exact) mass is 441 g/mol. The first-order chi connectivity index (χ1) is 14.8. The minimum atomic E-state index is -0.313. The van der Waals surface area contributed by atoms with Crippen LogP contribution in [0.15, 0.2) is 42.5 Å². The maximum absolute atomic E-state index is 12.4. The lowest BCUT2D eigenvalue weighted by Crippen LogP contribution is -2.32. The summed E-state index contributed by atoms with van der Waals surface area (Å²) >= 11 is 5.81. The summed E-state index contributed by atoms with van der Waals surface area (Å²) in [6.07, 6.45) is 1.36. The summed E-state index contributed by atoms with van der Waals surface area (Å²) in [6, 6.07) is 12.0. The Labute approximate surface area is 185 Å². The van der Waals surface area contributed by atoms with Crippen LogP contribution in [0.3, 0.4) is 0 Å². The van der Waals surface area contributed by atoms with Gasteiger partial charge in [0.2, 0.25) is 11.8 Å². The van der Waals surface area contributed by atoms with E-state index in [9.17, 15) is 19.2 Å². The number of benzene rings is 2. The molecule has 7 nitrogen and oxygen atoms in total. The Morgan fingerprint density at radius 1 is 0.903 bits per heavy atom. The molecule has 31 heavy (non-hydrogen) atoms. The Kier molecular flexibility index (Phi) is 7.41. The summed E-state index contributed by atoms with van der Waals surface area (Å²) in [6.45, 7) is 2.44. The molecule has 4 amide bonds. The highest BCUT2D eigenvalue weighted by molar-refractivity contribution is 6.30. The molecule has 0 unspecified atom stereocenters. The van der Waals surface area contributed by atoms with E-state index >= 15 is 0 Å². The molecule has 0 spiro atoms. The summed E-state index contributed by atoms with van der Waals surface area (Å²) in [5.74, 6) is -0.939. The van der Waals surface area contributed by atoms with Crippen molar-refractivity contribution in [3.8, 4) is 0 Å². The first kappa shape index (κ1) is 22.5. The number of anilines is 1. The minimum absolute atomic E-state index is 0.141. The number of carbonyl (C=O) groups excluding carboxylic acids is 4. The average Bonchev–Trinajstić information content (AvgIpc) is 2.97. The summed E-state index contributed by atoms with van der Waals surface area (Å²) in [7, 11) is 0. The SMILES string of the molecule is Cc1ccc2c(c1)C(=O)N(CCCC(=O)NCCCC(=O)Nc1ccc(Cl)cc1)C2=O. The number of fused-ring (bicyclic) bond motifs is 1. The standard InChI is InChI=1S/C23H24ClN3O4/c1-15-6-11-18-19(14-15)23(31)27(22(18)30)13-3-5-20(28)25-12-2-4-21(29)26-17-9-7-16(24)8-10-17/h6-11,14H,2-5,12-13H2,1H3,(H,25,28)(H,26,29). The molecule has 1 aliphatic heterocycles. The van der Waals surface area contributed by atoms with Gasteiger partial charge in [-0.05, 0) is 56.2 Å². The zero-order chi connectivity index (χ0) is 22.4. The molecule has 0 atom stereocenters. The van der Waals surface area contributed by atoms with Gasteiger partial charge in [-0.1, -0.05) is 23.2 Å². The molecular weight excluding hydrogens is 418 g/mol. The molecule has 0 bridgehead atoms. The van der Waals surface area contributed by atoms with Gasteiger partial charge in [0.05, 0.1) is 11.1 Å². The van der Waals surface area contributed by atoms with E-state index in [1.54, 1.807) is 42.5 Å². The number of amides is 4. The third-order valence-electron chi connectivity index (χ3n) is 4.94. The van der Waals surface area contributed by atoms with Crippen molar-refractivity contribution in [3.63, 3.8) is 0 Å². The zero-order valence-corrected chi connectivity index (χ0v) is 18.0. The minimum Gasteiger partial charge on any atom is -0.356 e. The van der Waals surface area contributed by atoms with E-state index in [1.807, 2.05) is 6.92 Å². The maximum atomic E-state index is 12.4. The van der Waals surface area contributed by atoms with Gasteiger partial charge in [0, 0.05) is 36.6 Å². The second kappa shape index (κ2) is 10.2. The van der Waals surface area contributed by atoms with Crippen molar-refractivity contribution in [1.29, 1.82) is 0 Å². The lowest BCUT2D eigenvalue weighted by Gasteiger charge is -2.13.